The summed E-state index contributed by atoms with van der Waals surface area (Å²) in [5.74, 6) is 1.41. The molecule has 0 spiro atoms. The zero-order chi connectivity index (χ0) is 19.8. The van der Waals surface area contributed by atoms with Crippen molar-refractivity contribution in [1.82, 2.24) is 10.4 Å². The van der Waals surface area contributed by atoms with E-state index in [-0.39, 0.29) is 11.5 Å². The number of rotatable bonds is 6. The minimum atomic E-state index is -3.70. The molecule has 27 heavy (non-hydrogen) atoms. The maximum absolute atomic E-state index is 12.2. The number of piperidine rings is 1. The molecule has 0 bridgehead atoms. The van der Waals surface area contributed by atoms with Crippen molar-refractivity contribution in [3.63, 3.8) is 0 Å². The van der Waals surface area contributed by atoms with E-state index in [1.165, 1.54) is 0 Å². The Morgan fingerprint density at radius 3 is 2.33 bits per heavy atom. The number of nitrogens with one attached hydrogen (secondary N) is 1. The predicted molar refractivity (Wildman–Crippen MR) is 100 cm³/mol. The summed E-state index contributed by atoms with van der Waals surface area (Å²) in [4.78, 5) is 12.0. The Balaban J connectivity index is 1.38. The summed E-state index contributed by atoms with van der Waals surface area (Å²) < 4.78 is 34.8. The van der Waals surface area contributed by atoms with E-state index in [0.29, 0.717) is 24.2 Å². The highest BCUT2D eigenvalue weighted by molar-refractivity contribution is 7.86. The number of amides is 1. The van der Waals surface area contributed by atoms with Crippen LogP contribution in [0.5, 0.6) is 0 Å². The van der Waals surface area contributed by atoms with Crippen LogP contribution in [-0.4, -0.2) is 44.8 Å². The molecule has 1 aliphatic carbocycles. The molecule has 1 aromatic carbocycles. The number of ether oxygens (including phenoxy) is 1. The van der Waals surface area contributed by atoms with E-state index >= 15 is 0 Å². The van der Waals surface area contributed by atoms with Gasteiger partial charge in [0.25, 0.3) is 10.1 Å². The number of hydrogen-bond donors (Lipinski definition) is 1. The van der Waals surface area contributed by atoms with Crippen molar-refractivity contribution in [2.75, 3.05) is 19.7 Å². The molecule has 1 aliphatic heterocycles. The van der Waals surface area contributed by atoms with Crippen LogP contribution in [0.15, 0.2) is 29.2 Å². The van der Waals surface area contributed by atoms with Crippen molar-refractivity contribution in [2.45, 2.75) is 44.6 Å². The maximum Gasteiger partial charge on any atom is 0.422 e. The third-order valence-electron chi connectivity index (χ3n) is 5.02. The Hall–Kier alpha value is -1.64. The molecule has 8 heteroatoms. The standard InChI is InChI=1S/C19H28N2O5S/c1-13-5-7-14(8-6-13)27(23,24)25-10-9-15-16-11-21(12-17(15)16)20-18(22)26-19(2,3)4/h5-8,15-17H,9-12H2,1-4H3,(H,20,22)/t15?,16-,17+. The number of nitrogens with zero attached hydrogens (tertiary/aromatic N) is 1. The van der Waals surface area contributed by atoms with E-state index in [1.54, 1.807) is 24.3 Å². The summed E-state index contributed by atoms with van der Waals surface area (Å²) in [5, 5.41) is 1.88. The Bertz CT molecular complexity index is 773. The van der Waals surface area contributed by atoms with Crippen LogP contribution in [0.2, 0.25) is 0 Å². The fourth-order valence-electron chi connectivity index (χ4n) is 3.67. The second-order valence-corrected chi connectivity index (χ2v) is 10.0. The van der Waals surface area contributed by atoms with Gasteiger partial charge in [-0.3, -0.25) is 9.61 Å². The Labute approximate surface area is 161 Å². The predicted octanol–water partition coefficient (Wildman–Crippen LogP) is 2.71. The third-order valence-corrected chi connectivity index (χ3v) is 6.35. The maximum atomic E-state index is 12.2. The van der Waals surface area contributed by atoms with E-state index in [4.69, 9.17) is 8.92 Å². The molecule has 1 amide bonds. The van der Waals surface area contributed by atoms with E-state index in [1.807, 2.05) is 32.7 Å². The fraction of sp³-hybridized carbons (Fsp3) is 0.632. The van der Waals surface area contributed by atoms with E-state index in [0.717, 1.165) is 18.7 Å². The molecule has 1 N–H and O–H groups in total. The van der Waals surface area contributed by atoms with Gasteiger partial charge in [-0.1, -0.05) is 17.7 Å². The lowest BCUT2D eigenvalue weighted by Gasteiger charge is -2.24. The minimum Gasteiger partial charge on any atom is -0.443 e. The molecule has 3 rings (SSSR count). The molecule has 1 unspecified atom stereocenters. The number of hydrogen-bond acceptors (Lipinski definition) is 6. The number of fused-ring (bicyclic) bond motifs is 1. The lowest BCUT2D eigenvalue weighted by Crippen LogP contribution is -2.44. The smallest absolute Gasteiger partial charge is 0.422 e. The average molecular weight is 397 g/mol. The van der Waals surface area contributed by atoms with Gasteiger partial charge < -0.3 is 4.74 Å². The topological polar surface area (TPSA) is 84.9 Å². The summed E-state index contributed by atoms with van der Waals surface area (Å²) in [7, 11) is -3.70. The van der Waals surface area contributed by atoms with Crippen LogP contribution >= 0.6 is 0 Å². The molecule has 1 heterocycles. The first-order chi connectivity index (χ1) is 12.5. The van der Waals surface area contributed by atoms with Crippen LogP contribution in [0, 0.1) is 24.7 Å². The van der Waals surface area contributed by atoms with Crippen LogP contribution in [-0.2, 0) is 19.0 Å². The number of aryl methyl sites for hydroxylation is 1. The SMILES string of the molecule is Cc1ccc(S(=O)(=O)OCCC2[C@H]3CN(NC(=O)OC(C)(C)C)C[C@@H]23)cc1. The Kier molecular flexibility index (Phi) is 5.52. The van der Waals surface area contributed by atoms with E-state index in [9.17, 15) is 13.2 Å². The molecule has 1 saturated carbocycles. The first-order valence-electron chi connectivity index (χ1n) is 9.26. The zero-order valence-electron chi connectivity index (χ0n) is 16.3. The van der Waals surface area contributed by atoms with Crippen molar-refractivity contribution in [2.24, 2.45) is 17.8 Å². The molecule has 0 aromatic heterocycles. The highest BCUT2D eigenvalue weighted by Crippen LogP contribution is 2.53. The molecular formula is C19H28N2O5S. The number of carbonyl (C=O) groups is 1. The number of benzene rings is 1. The first-order valence-corrected chi connectivity index (χ1v) is 10.7. The number of carbonyl (C=O) groups excluding carboxylic acids is 1. The average Bonchev–Trinajstić information content (AvgIpc) is 2.98. The van der Waals surface area contributed by atoms with Crippen molar-refractivity contribution < 1.29 is 22.1 Å². The monoisotopic (exact) mass is 396 g/mol. The molecule has 2 aliphatic rings. The van der Waals surface area contributed by atoms with Gasteiger partial charge in [-0.2, -0.15) is 8.42 Å². The van der Waals surface area contributed by atoms with Crippen LogP contribution < -0.4 is 5.43 Å². The van der Waals surface area contributed by atoms with Crippen molar-refractivity contribution >= 4 is 16.2 Å². The molecular weight excluding hydrogens is 368 g/mol. The molecule has 0 radical (unpaired) electrons. The second kappa shape index (κ2) is 7.41. The molecule has 1 aromatic rings. The molecule has 1 saturated heterocycles. The van der Waals surface area contributed by atoms with Crippen molar-refractivity contribution in [1.29, 1.82) is 0 Å². The molecule has 3 atom stereocenters. The lowest BCUT2D eigenvalue weighted by atomic mass is 10.2. The highest BCUT2D eigenvalue weighted by atomic mass is 32.2. The van der Waals surface area contributed by atoms with E-state index < -0.39 is 21.8 Å². The van der Waals surface area contributed by atoms with Crippen molar-refractivity contribution in [3.8, 4) is 0 Å². The molecule has 2 fully saturated rings. The fourth-order valence-corrected chi connectivity index (χ4v) is 4.59. The van der Waals surface area contributed by atoms with Gasteiger partial charge in [0.1, 0.15) is 5.60 Å². The van der Waals surface area contributed by atoms with Gasteiger partial charge in [0.05, 0.1) is 11.5 Å². The summed E-state index contributed by atoms with van der Waals surface area (Å²) in [6.07, 6.45) is 0.272. The normalized spacial score (nSPS) is 25.1. The number of hydrazine groups is 1. The lowest BCUT2D eigenvalue weighted by molar-refractivity contribution is 0.0340. The van der Waals surface area contributed by atoms with Gasteiger partial charge in [0.2, 0.25) is 0 Å². The Morgan fingerprint density at radius 1 is 1.19 bits per heavy atom. The van der Waals surface area contributed by atoms with Crippen LogP contribution in [0.25, 0.3) is 0 Å². The summed E-state index contributed by atoms with van der Waals surface area (Å²) in [6.45, 7) is 9.11. The van der Waals surface area contributed by atoms with Gasteiger partial charge in [-0.15, -0.1) is 0 Å². The largest absolute Gasteiger partial charge is 0.443 e. The van der Waals surface area contributed by atoms with Crippen molar-refractivity contribution in [3.05, 3.63) is 29.8 Å². The van der Waals surface area contributed by atoms with Gasteiger partial charge in [-0.25, -0.2) is 9.80 Å². The van der Waals surface area contributed by atoms with Crippen LogP contribution in [0.3, 0.4) is 0 Å². The van der Waals surface area contributed by atoms with Crippen LogP contribution in [0.1, 0.15) is 32.8 Å². The van der Waals surface area contributed by atoms with Gasteiger partial charge in [0.15, 0.2) is 0 Å². The summed E-state index contributed by atoms with van der Waals surface area (Å²) in [6, 6.07) is 6.65. The van der Waals surface area contributed by atoms with Gasteiger partial charge >= 0.3 is 6.09 Å². The third kappa shape index (κ3) is 5.21. The quantitative estimate of drug-likeness (QED) is 0.744. The highest BCUT2D eigenvalue weighted by Gasteiger charge is 2.55. The van der Waals surface area contributed by atoms with Gasteiger partial charge in [0, 0.05) is 13.1 Å². The second-order valence-electron chi connectivity index (χ2n) is 8.39. The summed E-state index contributed by atoms with van der Waals surface area (Å²) >= 11 is 0. The molecule has 7 nitrogen and oxygen atoms in total. The minimum absolute atomic E-state index is 0.188. The zero-order valence-corrected chi connectivity index (χ0v) is 17.1. The summed E-state index contributed by atoms with van der Waals surface area (Å²) in [5.41, 5.74) is 3.25. The van der Waals surface area contributed by atoms with E-state index in [2.05, 4.69) is 5.43 Å². The molecule has 150 valence electrons. The first kappa shape index (κ1) is 20.1. The van der Waals surface area contributed by atoms with Gasteiger partial charge in [-0.05, 0) is 64.0 Å². The van der Waals surface area contributed by atoms with Crippen LogP contribution in [0.4, 0.5) is 4.79 Å². The Morgan fingerprint density at radius 2 is 1.78 bits per heavy atom.